The summed E-state index contributed by atoms with van der Waals surface area (Å²) >= 11 is 0. The molecule has 0 spiro atoms. The SMILES string of the molecule is COC[C@H](Cc1nn(-c2ccccc2)c(N)c1C)O[Si](C)(C)C(C)(C)C. The molecule has 2 N–H and O–H groups in total. The number of benzene rings is 1. The van der Waals surface area contributed by atoms with Crippen LogP contribution in [0.4, 0.5) is 5.82 Å². The molecule has 26 heavy (non-hydrogen) atoms. The number of rotatable bonds is 7. The molecule has 0 saturated heterocycles. The normalized spacial score (nSPS) is 13.8. The first kappa shape index (κ1) is 20.7. The van der Waals surface area contributed by atoms with Crippen LogP contribution in [0.1, 0.15) is 32.0 Å². The molecule has 0 unspecified atom stereocenters. The van der Waals surface area contributed by atoms with E-state index in [1.54, 1.807) is 11.8 Å². The lowest BCUT2D eigenvalue weighted by molar-refractivity contribution is 0.0711. The van der Waals surface area contributed by atoms with Gasteiger partial charge in [0.25, 0.3) is 0 Å². The van der Waals surface area contributed by atoms with Crippen LogP contribution in [-0.4, -0.2) is 37.9 Å². The predicted octanol–water partition coefficient (Wildman–Crippen LogP) is 4.34. The highest BCUT2D eigenvalue weighted by Gasteiger charge is 2.39. The highest BCUT2D eigenvalue weighted by Crippen LogP contribution is 2.37. The zero-order chi connectivity index (χ0) is 19.5. The fourth-order valence-electron chi connectivity index (χ4n) is 2.65. The van der Waals surface area contributed by atoms with Crippen LogP contribution in [0, 0.1) is 6.92 Å². The van der Waals surface area contributed by atoms with E-state index in [0.29, 0.717) is 18.8 Å². The molecular weight excluding hydrogens is 342 g/mol. The number of anilines is 1. The third kappa shape index (κ3) is 4.55. The van der Waals surface area contributed by atoms with Crippen molar-refractivity contribution in [2.24, 2.45) is 0 Å². The number of hydrogen-bond acceptors (Lipinski definition) is 4. The molecule has 1 aromatic heterocycles. The quantitative estimate of drug-likeness (QED) is 0.731. The van der Waals surface area contributed by atoms with Crippen LogP contribution in [0.25, 0.3) is 5.69 Å². The molecule has 0 fully saturated rings. The molecule has 0 aliphatic rings. The zero-order valence-electron chi connectivity index (χ0n) is 17.2. The Kier molecular flexibility index (Phi) is 6.32. The summed E-state index contributed by atoms with van der Waals surface area (Å²) < 4.78 is 13.8. The van der Waals surface area contributed by atoms with Gasteiger partial charge in [0, 0.05) is 19.1 Å². The molecule has 0 saturated carbocycles. The summed E-state index contributed by atoms with van der Waals surface area (Å²) in [5.41, 5.74) is 9.26. The highest BCUT2D eigenvalue weighted by atomic mass is 28.4. The number of hydrogen-bond donors (Lipinski definition) is 1. The van der Waals surface area contributed by atoms with Crippen molar-refractivity contribution >= 4 is 14.1 Å². The monoisotopic (exact) mass is 375 g/mol. The number of nitrogens with zero attached hydrogens (tertiary/aromatic N) is 2. The zero-order valence-corrected chi connectivity index (χ0v) is 18.2. The second-order valence-corrected chi connectivity index (χ2v) is 13.1. The van der Waals surface area contributed by atoms with Crippen molar-refractivity contribution < 1.29 is 9.16 Å². The van der Waals surface area contributed by atoms with Crippen LogP contribution < -0.4 is 5.73 Å². The van der Waals surface area contributed by atoms with Crippen LogP contribution in [0.3, 0.4) is 0 Å². The van der Waals surface area contributed by atoms with Crippen LogP contribution in [-0.2, 0) is 15.6 Å². The van der Waals surface area contributed by atoms with E-state index >= 15 is 0 Å². The number of ether oxygens (including phenoxy) is 1. The van der Waals surface area contributed by atoms with Gasteiger partial charge in [0.1, 0.15) is 5.82 Å². The maximum Gasteiger partial charge on any atom is 0.192 e. The second-order valence-electron chi connectivity index (χ2n) is 8.36. The Morgan fingerprint density at radius 1 is 1.19 bits per heavy atom. The highest BCUT2D eigenvalue weighted by molar-refractivity contribution is 6.74. The minimum atomic E-state index is -1.89. The largest absolute Gasteiger partial charge is 0.411 e. The number of nitrogens with two attached hydrogens (primary N) is 1. The van der Waals surface area contributed by atoms with E-state index in [-0.39, 0.29) is 11.1 Å². The van der Waals surface area contributed by atoms with E-state index in [1.807, 2.05) is 37.3 Å². The Morgan fingerprint density at radius 2 is 1.81 bits per heavy atom. The van der Waals surface area contributed by atoms with Crippen LogP contribution in [0.15, 0.2) is 30.3 Å². The van der Waals surface area contributed by atoms with Crippen LogP contribution in [0.5, 0.6) is 0 Å². The van der Waals surface area contributed by atoms with Crippen molar-refractivity contribution in [2.45, 2.75) is 58.4 Å². The van der Waals surface area contributed by atoms with Gasteiger partial charge in [-0.2, -0.15) is 5.10 Å². The molecule has 1 atom stereocenters. The lowest BCUT2D eigenvalue weighted by Crippen LogP contribution is -2.45. The first-order valence-corrected chi connectivity index (χ1v) is 12.0. The van der Waals surface area contributed by atoms with Crippen LogP contribution in [0.2, 0.25) is 18.1 Å². The fraction of sp³-hybridized carbons (Fsp3) is 0.550. The second kappa shape index (κ2) is 7.94. The summed E-state index contributed by atoms with van der Waals surface area (Å²) in [5, 5.41) is 4.91. The number of nitrogen functional groups attached to an aromatic ring is 1. The minimum Gasteiger partial charge on any atom is -0.411 e. The molecule has 0 aliphatic heterocycles. The summed E-state index contributed by atoms with van der Waals surface area (Å²) in [5.74, 6) is 0.676. The molecule has 5 nitrogen and oxygen atoms in total. The Labute approximate surface area is 158 Å². The summed E-state index contributed by atoms with van der Waals surface area (Å²) in [6.45, 7) is 13.8. The third-order valence-corrected chi connectivity index (χ3v) is 9.84. The van der Waals surface area contributed by atoms with Gasteiger partial charge in [-0.25, -0.2) is 4.68 Å². The Morgan fingerprint density at radius 3 is 2.35 bits per heavy atom. The minimum absolute atomic E-state index is 0.0295. The molecule has 144 valence electrons. The molecule has 0 bridgehead atoms. The summed E-state index contributed by atoms with van der Waals surface area (Å²) in [4.78, 5) is 0. The molecule has 0 aliphatic carbocycles. The smallest absolute Gasteiger partial charge is 0.192 e. The van der Waals surface area contributed by atoms with Gasteiger partial charge in [0.05, 0.1) is 24.1 Å². The van der Waals surface area contributed by atoms with Crippen molar-refractivity contribution in [3.63, 3.8) is 0 Å². The number of para-hydroxylation sites is 1. The number of aromatic nitrogens is 2. The average Bonchev–Trinajstić information content (AvgIpc) is 2.83. The standard InChI is InChI=1S/C20H33N3O2Si/c1-15-18(22-23(19(15)21)16-11-9-8-10-12-16)13-17(14-24-5)25-26(6,7)20(2,3)4/h8-12,17H,13-14,21H2,1-7H3/t17-/m0/s1. The topological polar surface area (TPSA) is 62.3 Å². The van der Waals surface area contributed by atoms with Crippen molar-refractivity contribution in [1.29, 1.82) is 0 Å². The molecule has 0 radical (unpaired) electrons. The van der Waals surface area contributed by atoms with Gasteiger partial charge in [0.15, 0.2) is 8.32 Å². The fourth-order valence-corrected chi connectivity index (χ4v) is 3.98. The summed E-state index contributed by atoms with van der Waals surface area (Å²) in [6, 6.07) is 9.97. The predicted molar refractivity (Wildman–Crippen MR) is 110 cm³/mol. The molecule has 1 heterocycles. The molecular formula is C20H33N3O2Si. The maximum absolute atomic E-state index is 6.58. The van der Waals surface area contributed by atoms with E-state index in [9.17, 15) is 0 Å². The molecule has 1 aromatic carbocycles. The van der Waals surface area contributed by atoms with Gasteiger partial charge in [-0.05, 0) is 37.2 Å². The van der Waals surface area contributed by atoms with Crippen molar-refractivity contribution in [2.75, 3.05) is 19.5 Å². The first-order chi connectivity index (χ1) is 12.1. The lowest BCUT2D eigenvalue weighted by atomic mass is 10.1. The summed E-state index contributed by atoms with van der Waals surface area (Å²) in [7, 11) is -0.179. The van der Waals surface area contributed by atoms with E-state index in [4.69, 9.17) is 20.0 Å². The van der Waals surface area contributed by atoms with Gasteiger partial charge in [0.2, 0.25) is 0 Å². The van der Waals surface area contributed by atoms with Gasteiger partial charge in [-0.1, -0.05) is 39.0 Å². The van der Waals surface area contributed by atoms with E-state index < -0.39 is 8.32 Å². The summed E-state index contributed by atoms with van der Waals surface area (Å²) in [6.07, 6.45) is 0.661. The number of methoxy groups -OCH3 is 1. The maximum atomic E-state index is 6.58. The van der Waals surface area contributed by atoms with Crippen LogP contribution >= 0.6 is 0 Å². The molecule has 6 heteroatoms. The molecule has 0 amide bonds. The Balaban J connectivity index is 2.27. The van der Waals surface area contributed by atoms with Gasteiger partial charge >= 0.3 is 0 Å². The third-order valence-electron chi connectivity index (χ3n) is 5.31. The van der Waals surface area contributed by atoms with Crippen molar-refractivity contribution in [3.8, 4) is 5.69 Å². The molecule has 2 rings (SSSR count). The van der Waals surface area contributed by atoms with E-state index in [0.717, 1.165) is 16.9 Å². The Bertz CT molecular complexity index is 721. The van der Waals surface area contributed by atoms with Crippen molar-refractivity contribution in [3.05, 3.63) is 41.6 Å². The van der Waals surface area contributed by atoms with Gasteiger partial charge in [-0.15, -0.1) is 0 Å². The van der Waals surface area contributed by atoms with E-state index in [1.165, 1.54) is 0 Å². The average molecular weight is 376 g/mol. The van der Waals surface area contributed by atoms with Crippen molar-refractivity contribution in [1.82, 2.24) is 9.78 Å². The van der Waals surface area contributed by atoms with Gasteiger partial charge in [-0.3, -0.25) is 0 Å². The van der Waals surface area contributed by atoms with E-state index in [2.05, 4.69) is 33.9 Å². The van der Waals surface area contributed by atoms with Gasteiger partial charge < -0.3 is 14.9 Å². The first-order valence-electron chi connectivity index (χ1n) is 9.13. The Hall–Kier alpha value is -1.63. The lowest BCUT2D eigenvalue weighted by Gasteiger charge is -2.39. The molecule has 2 aromatic rings.